The van der Waals surface area contributed by atoms with E-state index in [0.29, 0.717) is 5.56 Å². The van der Waals surface area contributed by atoms with Crippen molar-refractivity contribution >= 4 is 142 Å². The maximum atomic E-state index is 9.16. The van der Waals surface area contributed by atoms with Crippen molar-refractivity contribution in [2.75, 3.05) is 0 Å². The van der Waals surface area contributed by atoms with Crippen molar-refractivity contribution in [2.45, 2.75) is 19.3 Å². The van der Waals surface area contributed by atoms with E-state index in [1.807, 2.05) is 24.3 Å². The van der Waals surface area contributed by atoms with Crippen molar-refractivity contribution in [3.8, 4) is 95.8 Å². The highest BCUT2D eigenvalue weighted by atomic mass is 15.0. The summed E-state index contributed by atoms with van der Waals surface area (Å²) in [6, 6.07) is 176. The van der Waals surface area contributed by atoms with E-state index in [9.17, 15) is 0 Å². The number of nitriles is 1. The van der Waals surface area contributed by atoms with E-state index in [-0.39, 0.29) is 5.41 Å². The van der Waals surface area contributed by atoms with Crippen LogP contribution in [0.5, 0.6) is 0 Å². The van der Waals surface area contributed by atoms with Gasteiger partial charge in [-0.3, -0.25) is 0 Å². The average Bonchev–Trinajstić information content (AvgIpc) is 1.54. The van der Waals surface area contributed by atoms with E-state index in [0.717, 1.165) is 16.8 Å². The first-order valence-electron chi connectivity index (χ1n) is 46.4. The Hall–Kier alpha value is -17.8. The van der Waals surface area contributed by atoms with Crippen LogP contribution < -0.4 is 0 Å². The molecule has 632 valence electrons. The molecule has 0 N–H and O–H groups in total. The van der Waals surface area contributed by atoms with Crippen LogP contribution >= 0.6 is 0 Å². The van der Waals surface area contributed by atoms with Gasteiger partial charge in [0.15, 0.2) is 0 Å². The molecule has 0 saturated heterocycles. The minimum absolute atomic E-state index is 0.0579. The Kier molecular flexibility index (Phi) is 18.3. The Morgan fingerprint density at radius 2 is 0.430 bits per heavy atom. The van der Waals surface area contributed by atoms with E-state index >= 15 is 0 Å². The molecule has 21 aromatic carbocycles. The molecule has 0 bridgehead atoms. The molecule has 0 aliphatic heterocycles. The highest BCUT2D eigenvalue weighted by Crippen LogP contribution is 2.52. The maximum absolute atomic E-state index is 9.16. The number of fused-ring (bicyclic) bond motifs is 22. The number of benzene rings is 21. The normalized spacial score (nSPS) is 12.3. The minimum Gasteiger partial charge on any atom is -0.309 e. The number of hydrogen-bond acceptors (Lipinski definition) is 1. The fourth-order valence-electron chi connectivity index (χ4n) is 22.0. The van der Waals surface area contributed by atoms with Crippen molar-refractivity contribution in [3.05, 3.63) is 496 Å². The lowest BCUT2D eigenvalue weighted by atomic mass is 9.82. The first-order chi connectivity index (χ1) is 66.7. The van der Waals surface area contributed by atoms with E-state index in [1.54, 1.807) is 0 Å². The summed E-state index contributed by atoms with van der Waals surface area (Å²) >= 11 is 0. The predicted octanol–water partition coefficient (Wildman–Crippen LogP) is 33.6. The monoisotopic (exact) mass is 1720 g/mol. The van der Waals surface area contributed by atoms with Crippen LogP contribution in [0, 0.1) is 11.3 Å². The molecule has 0 amide bonds. The third-order valence-corrected chi connectivity index (χ3v) is 28.4. The fraction of sp³-hybridized carbons (Fsp3) is 0.0234. The Morgan fingerprint density at radius 1 is 0.170 bits per heavy atom. The second-order valence-electron chi connectivity index (χ2n) is 36.2. The summed E-state index contributed by atoms with van der Waals surface area (Å²) in [5, 5.41) is 26.8. The molecule has 28 rings (SSSR count). The summed E-state index contributed by atoms with van der Waals surface area (Å²) in [5.74, 6) is 0. The van der Waals surface area contributed by atoms with Crippen molar-refractivity contribution in [3.63, 3.8) is 0 Å². The molecule has 0 saturated carbocycles. The quantitative estimate of drug-likeness (QED) is 0.135. The standard InChI is InChI=1S/C45H32N2.C43H27N3.C40H26N2/c1-45(2)39-19-11-9-17-33(39)35-27-38-37-26-30(22-24-43(37)47(44(38)28-40(35)45)32-15-7-4-8-16-32)29-21-23-42-36(25-29)34-18-10-12-20-41(34)46(42)31-13-5-3-6-14-31;44-28-29-14-16-30(17-15-29)31-18-22-35(23-19-31)46-41-13-7-5-11-37(41)39-27-33(21-25-43(39)46)32-20-24-42-38(26-32)36-10-4-6-12-40(36)45(42)34-8-2-1-3-9-34;1-2-12-31(13-3-1)41-37-16-8-6-14-33(37)35-25-29(19-22-39(35)41)30-20-23-40-36(26-30)34-15-7-9-17-38(34)42(40)32-21-18-27-10-4-5-11-28(27)24-32/h3-28H,1-2H3;1-27H;1-26H. The van der Waals surface area contributed by atoms with Crippen LogP contribution in [-0.2, 0) is 5.41 Å². The Bertz CT molecular complexity index is 9500. The molecule has 0 unspecified atom stereocenters. The van der Waals surface area contributed by atoms with Crippen LogP contribution in [0.25, 0.3) is 231 Å². The lowest BCUT2D eigenvalue weighted by Gasteiger charge is -2.21. The van der Waals surface area contributed by atoms with Gasteiger partial charge in [0, 0.05) is 104 Å². The fourth-order valence-corrected chi connectivity index (χ4v) is 22.0. The van der Waals surface area contributed by atoms with E-state index in [4.69, 9.17) is 5.26 Å². The van der Waals surface area contributed by atoms with E-state index in [1.165, 1.54) is 226 Å². The van der Waals surface area contributed by atoms with Gasteiger partial charge in [0.2, 0.25) is 0 Å². The maximum Gasteiger partial charge on any atom is 0.0991 e. The molecule has 1 aliphatic rings. The molecule has 7 heteroatoms. The summed E-state index contributed by atoms with van der Waals surface area (Å²) in [4.78, 5) is 0. The second-order valence-corrected chi connectivity index (χ2v) is 36.2. The molecule has 0 fully saturated rings. The summed E-state index contributed by atoms with van der Waals surface area (Å²) in [7, 11) is 0. The molecular formula is C128H85N7. The molecule has 0 spiro atoms. The van der Waals surface area contributed by atoms with Gasteiger partial charge >= 0.3 is 0 Å². The van der Waals surface area contributed by atoms with Gasteiger partial charge in [0.05, 0.1) is 77.8 Å². The van der Waals surface area contributed by atoms with Crippen molar-refractivity contribution in [1.82, 2.24) is 27.4 Å². The topological polar surface area (TPSA) is 53.4 Å². The zero-order valence-corrected chi connectivity index (χ0v) is 74.2. The number of para-hydroxylation sites is 9. The predicted molar refractivity (Wildman–Crippen MR) is 567 cm³/mol. The summed E-state index contributed by atoms with van der Waals surface area (Å²) in [6.07, 6.45) is 0. The molecule has 0 atom stereocenters. The van der Waals surface area contributed by atoms with Gasteiger partial charge in [-0.1, -0.05) is 293 Å². The number of aromatic nitrogens is 6. The Balaban J connectivity index is 0.000000106. The first-order valence-corrected chi connectivity index (χ1v) is 46.4. The smallest absolute Gasteiger partial charge is 0.0991 e. The molecule has 1 aliphatic carbocycles. The lowest BCUT2D eigenvalue weighted by Crippen LogP contribution is -2.14. The SMILES string of the molecule is CC1(C)c2ccccc2-c2cc3c4cc(-c5ccc6c(c5)c5ccccc5n6-c5ccccc5)ccc4n(-c4ccccc4)c3cc21.N#Cc1ccc(-c2ccc(-n3c4ccccc4c4cc(-c5ccc6c(c5)c5ccccc5n6-c5ccccc5)ccc43)cc2)cc1.c1ccc(-n2c3ccccc3c3cc(-c4ccc5c(c4)c4ccccc4n5-c4ccc5ccccc5c4)ccc32)cc1. The lowest BCUT2D eigenvalue weighted by molar-refractivity contribution is 0.661. The average molecular weight is 1720 g/mol. The number of rotatable bonds is 10. The van der Waals surface area contributed by atoms with E-state index in [2.05, 4.69) is 502 Å². The molecule has 6 aromatic heterocycles. The van der Waals surface area contributed by atoms with Gasteiger partial charge in [-0.05, 0) is 278 Å². The summed E-state index contributed by atoms with van der Waals surface area (Å²) in [5.41, 5.74) is 37.3. The van der Waals surface area contributed by atoms with Crippen molar-refractivity contribution < 1.29 is 0 Å². The Labute approximate surface area is 779 Å². The molecule has 7 nitrogen and oxygen atoms in total. The number of hydrogen-bond donors (Lipinski definition) is 0. The highest BCUT2D eigenvalue weighted by Gasteiger charge is 2.37. The van der Waals surface area contributed by atoms with Crippen LogP contribution in [0.4, 0.5) is 0 Å². The van der Waals surface area contributed by atoms with Gasteiger partial charge in [-0.15, -0.1) is 0 Å². The van der Waals surface area contributed by atoms with Gasteiger partial charge in [-0.2, -0.15) is 5.26 Å². The molecule has 135 heavy (non-hydrogen) atoms. The first kappa shape index (κ1) is 78.2. The minimum atomic E-state index is -0.0579. The Morgan fingerprint density at radius 3 is 0.793 bits per heavy atom. The third-order valence-electron chi connectivity index (χ3n) is 28.4. The molecular weight excluding hydrogens is 1640 g/mol. The third kappa shape index (κ3) is 12.8. The van der Waals surface area contributed by atoms with Gasteiger partial charge in [-0.25, -0.2) is 0 Å². The molecule has 6 heterocycles. The highest BCUT2D eigenvalue weighted by molar-refractivity contribution is 6.18. The summed E-state index contributed by atoms with van der Waals surface area (Å²) in [6.45, 7) is 4.73. The van der Waals surface area contributed by atoms with Gasteiger partial charge in [0.25, 0.3) is 0 Å². The van der Waals surface area contributed by atoms with Crippen LogP contribution in [0.15, 0.2) is 479 Å². The number of nitrogens with zero attached hydrogens (tertiary/aromatic N) is 7. The van der Waals surface area contributed by atoms with Gasteiger partial charge < -0.3 is 27.4 Å². The van der Waals surface area contributed by atoms with E-state index < -0.39 is 0 Å². The van der Waals surface area contributed by atoms with Crippen LogP contribution in [0.2, 0.25) is 0 Å². The second kappa shape index (κ2) is 31.5. The van der Waals surface area contributed by atoms with Crippen LogP contribution in [-0.4, -0.2) is 27.4 Å². The van der Waals surface area contributed by atoms with Gasteiger partial charge in [0.1, 0.15) is 0 Å². The summed E-state index contributed by atoms with van der Waals surface area (Å²) < 4.78 is 14.3. The largest absolute Gasteiger partial charge is 0.309 e. The zero-order chi connectivity index (χ0) is 89.5. The van der Waals surface area contributed by atoms with Crippen molar-refractivity contribution in [2.24, 2.45) is 0 Å². The van der Waals surface area contributed by atoms with Crippen LogP contribution in [0.3, 0.4) is 0 Å². The van der Waals surface area contributed by atoms with Crippen molar-refractivity contribution in [1.29, 1.82) is 5.26 Å². The zero-order valence-electron chi connectivity index (χ0n) is 74.2. The molecule has 27 aromatic rings. The molecule has 0 radical (unpaired) electrons. The van der Waals surface area contributed by atoms with Crippen LogP contribution in [0.1, 0.15) is 30.5 Å².